The van der Waals surface area contributed by atoms with Gasteiger partial charge in [0.05, 0.1) is 11.9 Å². The maximum absolute atomic E-state index is 11.6. The zero-order valence-electron chi connectivity index (χ0n) is 9.22. The maximum Gasteiger partial charge on any atom is 0.323 e. The fourth-order valence-electron chi connectivity index (χ4n) is 1.25. The Kier molecular flexibility index (Phi) is 3.59. The first kappa shape index (κ1) is 12.1. The Hall–Kier alpha value is -2.34. The number of hydrogen-bond donors (Lipinski definition) is 3. The van der Waals surface area contributed by atoms with Crippen LogP contribution in [0, 0.1) is 0 Å². The van der Waals surface area contributed by atoms with E-state index in [0.717, 1.165) is 0 Å². The van der Waals surface area contributed by atoms with Crippen molar-refractivity contribution in [3.8, 4) is 0 Å². The van der Waals surface area contributed by atoms with Gasteiger partial charge in [-0.1, -0.05) is 11.6 Å². The molecule has 2 aromatic rings. The van der Waals surface area contributed by atoms with Crippen molar-refractivity contribution < 1.29 is 4.79 Å². The van der Waals surface area contributed by atoms with E-state index in [-0.39, 0.29) is 0 Å². The third-order valence-corrected chi connectivity index (χ3v) is 2.24. The summed E-state index contributed by atoms with van der Waals surface area (Å²) in [4.78, 5) is 19.3. The lowest BCUT2D eigenvalue weighted by atomic mass is 10.4. The average Bonchev–Trinajstić information content (AvgIpc) is 2.32. The van der Waals surface area contributed by atoms with Crippen LogP contribution < -0.4 is 16.4 Å². The molecule has 0 aliphatic heterocycles. The van der Waals surface area contributed by atoms with Crippen LogP contribution in [0.5, 0.6) is 0 Å². The van der Waals surface area contributed by atoms with E-state index in [0.29, 0.717) is 22.3 Å². The topological polar surface area (TPSA) is 92.9 Å². The molecule has 6 nitrogen and oxygen atoms in total. The lowest BCUT2D eigenvalue weighted by molar-refractivity contribution is 0.262. The number of rotatable bonds is 2. The molecule has 0 saturated heterocycles. The van der Waals surface area contributed by atoms with E-state index in [4.69, 9.17) is 17.3 Å². The number of nitrogen functional groups attached to an aromatic ring is 1. The van der Waals surface area contributed by atoms with Gasteiger partial charge in [0.2, 0.25) is 0 Å². The van der Waals surface area contributed by atoms with Crippen LogP contribution in [0.15, 0.2) is 36.7 Å². The van der Waals surface area contributed by atoms with Crippen LogP contribution in [0.25, 0.3) is 0 Å². The number of urea groups is 1. The standard InChI is InChI=1S/C11H10ClN5O/c12-9-5-7(3-4-14-9)16-11(18)17-8-1-2-10(13)15-6-8/h1-6H,(H2,13,15)(H2,14,16,17,18). The van der Waals surface area contributed by atoms with Gasteiger partial charge in [0.25, 0.3) is 0 Å². The molecule has 0 radical (unpaired) electrons. The van der Waals surface area contributed by atoms with Crippen molar-refractivity contribution >= 4 is 34.8 Å². The number of pyridine rings is 2. The summed E-state index contributed by atoms with van der Waals surface area (Å²) in [6.45, 7) is 0. The molecule has 0 aliphatic rings. The largest absolute Gasteiger partial charge is 0.384 e. The van der Waals surface area contributed by atoms with Crippen molar-refractivity contribution in [1.82, 2.24) is 9.97 Å². The maximum atomic E-state index is 11.6. The third kappa shape index (κ3) is 3.33. The van der Waals surface area contributed by atoms with Gasteiger partial charge < -0.3 is 16.4 Å². The number of nitrogens with one attached hydrogen (secondary N) is 2. The van der Waals surface area contributed by atoms with Gasteiger partial charge in [-0.05, 0) is 24.3 Å². The predicted octanol–water partition coefficient (Wildman–Crippen LogP) is 2.36. The third-order valence-electron chi connectivity index (χ3n) is 2.03. The number of nitrogens with zero attached hydrogens (tertiary/aromatic N) is 2. The number of hydrogen-bond acceptors (Lipinski definition) is 4. The van der Waals surface area contributed by atoms with Crippen molar-refractivity contribution in [1.29, 1.82) is 0 Å². The zero-order valence-corrected chi connectivity index (χ0v) is 9.98. The molecule has 4 N–H and O–H groups in total. The van der Waals surface area contributed by atoms with E-state index in [2.05, 4.69) is 20.6 Å². The van der Waals surface area contributed by atoms with Crippen LogP contribution in [-0.2, 0) is 0 Å². The van der Waals surface area contributed by atoms with Gasteiger partial charge in [0.15, 0.2) is 0 Å². The van der Waals surface area contributed by atoms with Gasteiger partial charge in [-0.3, -0.25) is 0 Å². The van der Waals surface area contributed by atoms with E-state index in [1.807, 2.05) is 0 Å². The number of anilines is 3. The Morgan fingerprint density at radius 2 is 1.94 bits per heavy atom. The molecule has 18 heavy (non-hydrogen) atoms. The molecule has 0 bridgehead atoms. The van der Waals surface area contributed by atoms with E-state index < -0.39 is 6.03 Å². The molecule has 2 heterocycles. The summed E-state index contributed by atoms with van der Waals surface area (Å²) >= 11 is 5.70. The molecule has 0 spiro atoms. The summed E-state index contributed by atoms with van der Waals surface area (Å²) < 4.78 is 0. The van der Waals surface area contributed by atoms with E-state index in [1.54, 1.807) is 24.3 Å². The second-order valence-electron chi connectivity index (χ2n) is 3.42. The quantitative estimate of drug-likeness (QED) is 0.725. The van der Waals surface area contributed by atoms with Crippen LogP contribution in [0.4, 0.5) is 22.0 Å². The van der Waals surface area contributed by atoms with Crippen molar-refractivity contribution in [3.05, 3.63) is 41.8 Å². The van der Waals surface area contributed by atoms with Crippen LogP contribution in [0.3, 0.4) is 0 Å². The smallest absolute Gasteiger partial charge is 0.323 e. The number of nitrogens with two attached hydrogens (primary N) is 1. The Morgan fingerprint density at radius 3 is 2.61 bits per heavy atom. The minimum absolute atomic E-state index is 0.307. The van der Waals surface area contributed by atoms with Crippen LogP contribution in [-0.4, -0.2) is 16.0 Å². The minimum Gasteiger partial charge on any atom is -0.384 e. The molecule has 92 valence electrons. The predicted molar refractivity (Wildman–Crippen MR) is 70.5 cm³/mol. The molecule has 2 rings (SSSR count). The number of aromatic nitrogens is 2. The van der Waals surface area contributed by atoms with Crippen molar-refractivity contribution in [2.24, 2.45) is 0 Å². The summed E-state index contributed by atoms with van der Waals surface area (Å²) in [5.74, 6) is 0.391. The van der Waals surface area contributed by atoms with Gasteiger partial charge in [-0.2, -0.15) is 0 Å². The highest BCUT2D eigenvalue weighted by atomic mass is 35.5. The molecule has 0 unspecified atom stereocenters. The minimum atomic E-state index is -0.399. The van der Waals surface area contributed by atoms with Crippen molar-refractivity contribution in [2.75, 3.05) is 16.4 Å². The molecule has 7 heteroatoms. The Labute approximate surface area is 108 Å². The van der Waals surface area contributed by atoms with Crippen molar-refractivity contribution in [2.45, 2.75) is 0 Å². The molecule has 0 atom stereocenters. The number of carbonyl (C=O) groups excluding carboxylic acids is 1. The first-order valence-electron chi connectivity index (χ1n) is 5.04. The normalized spacial score (nSPS) is 9.83. The summed E-state index contributed by atoms with van der Waals surface area (Å²) in [6.07, 6.45) is 2.97. The van der Waals surface area contributed by atoms with Crippen LogP contribution in [0.2, 0.25) is 5.15 Å². The monoisotopic (exact) mass is 263 g/mol. The van der Waals surface area contributed by atoms with E-state index in [1.165, 1.54) is 12.4 Å². The fraction of sp³-hybridized carbons (Fsp3) is 0. The molecule has 0 aliphatic carbocycles. The van der Waals surface area contributed by atoms with E-state index >= 15 is 0 Å². The first-order valence-corrected chi connectivity index (χ1v) is 5.42. The highest BCUT2D eigenvalue weighted by Gasteiger charge is 2.03. The van der Waals surface area contributed by atoms with E-state index in [9.17, 15) is 4.79 Å². The lowest BCUT2D eigenvalue weighted by Gasteiger charge is -2.07. The second kappa shape index (κ2) is 5.33. The Morgan fingerprint density at radius 1 is 1.17 bits per heavy atom. The molecular weight excluding hydrogens is 254 g/mol. The summed E-state index contributed by atoms with van der Waals surface area (Å²) in [7, 11) is 0. The lowest BCUT2D eigenvalue weighted by Crippen LogP contribution is -2.19. The fourth-order valence-corrected chi connectivity index (χ4v) is 1.43. The molecule has 2 amide bonds. The Balaban J connectivity index is 1.98. The second-order valence-corrected chi connectivity index (χ2v) is 3.81. The Bertz CT molecular complexity index is 558. The summed E-state index contributed by atoms with van der Waals surface area (Å²) in [5.41, 5.74) is 6.53. The number of carbonyl (C=O) groups is 1. The van der Waals surface area contributed by atoms with Gasteiger partial charge >= 0.3 is 6.03 Å². The van der Waals surface area contributed by atoms with Crippen LogP contribution >= 0.6 is 11.6 Å². The highest BCUT2D eigenvalue weighted by Crippen LogP contribution is 2.13. The SMILES string of the molecule is Nc1ccc(NC(=O)Nc2ccnc(Cl)c2)cn1. The molecule has 2 aromatic heterocycles. The van der Waals surface area contributed by atoms with Crippen LogP contribution in [0.1, 0.15) is 0 Å². The number of amides is 2. The van der Waals surface area contributed by atoms with Gasteiger partial charge in [-0.25, -0.2) is 14.8 Å². The molecular formula is C11H10ClN5O. The van der Waals surface area contributed by atoms with Gasteiger partial charge in [0.1, 0.15) is 11.0 Å². The molecule has 0 aromatic carbocycles. The van der Waals surface area contributed by atoms with Gasteiger partial charge in [-0.15, -0.1) is 0 Å². The number of halogens is 1. The molecule has 0 fully saturated rings. The highest BCUT2D eigenvalue weighted by molar-refractivity contribution is 6.29. The zero-order chi connectivity index (χ0) is 13.0. The summed E-state index contributed by atoms with van der Waals surface area (Å²) in [6, 6.07) is 6.03. The molecule has 0 saturated carbocycles. The first-order chi connectivity index (χ1) is 8.63. The summed E-state index contributed by atoms with van der Waals surface area (Å²) in [5, 5.41) is 5.53. The average molecular weight is 264 g/mol. The van der Waals surface area contributed by atoms with Gasteiger partial charge in [0, 0.05) is 11.9 Å². The van der Waals surface area contributed by atoms with Crippen molar-refractivity contribution in [3.63, 3.8) is 0 Å².